The molecule has 5 saturated carbocycles. The fraction of sp³-hybridized carbons (Fsp3) is 1.00. The molecule has 2 N–H and O–H groups in total. The minimum absolute atomic E-state index is 0.423. The molecule has 0 heterocycles. The summed E-state index contributed by atoms with van der Waals surface area (Å²) in [7, 11) is 0. The van der Waals surface area contributed by atoms with E-state index in [4.69, 9.17) is 5.73 Å². The molecule has 0 aromatic heterocycles. The lowest BCUT2D eigenvalue weighted by Crippen LogP contribution is -2.58. The molecule has 2 nitrogen and oxygen atoms in total. The molecule has 0 saturated heterocycles. The van der Waals surface area contributed by atoms with Gasteiger partial charge in [-0.05, 0) is 94.3 Å². The number of nitrogens with zero attached hydrogens (tertiary/aromatic N) is 1. The van der Waals surface area contributed by atoms with E-state index in [0.29, 0.717) is 17.5 Å². The molecule has 5 fully saturated rings. The first-order valence-corrected chi connectivity index (χ1v) is 9.54. The van der Waals surface area contributed by atoms with Crippen molar-refractivity contribution in [1.29, 1.82) is 0 Å². The number of hydrogen-bond acceptors (Lipinski definition) is 2. The van der Waals surface area contributed by atoms with Gasteiger partial charge < -0.3 is 5.73 Å². The molecule has 2 heteroatoms. The van der Waals surface area contributed by atoms with Gasteiger partial charge in [0.1, 0.15) is 0 Å². The highest BCUT2D eigenvalue weighted by molar-refractivity contribution is 5.06. The summed E-state index contributed by atoms with van der Waals surface area (Å²) < 4.78 is 0. The molecule has 120 valence electrons. The quantitative estimate of drug-likeness (QED) is 0.809. The Morgan fingerprint density at radius 3 is 1.95 bits per heavy atom. The zero-order valence-electron chi connectivity index (χ0n) is 14.1. The maximum atomic E-state index is 6.87. The van der Waals surface area contributed by atoms with E-state index in [1.165, 1.54) is 57.9 Å². The van der Waals surface area contributed by atoms with Crippen molar-refractivity contribution < 1.29 is 0 Å². The Morgan fingerprint density at radius 2 is 1.52 bits per heavy atom. The predicted molar refractivity (Wildman–Crippen MR) is 88.0 cm³/mol. The molecule has 0 radical (unpaired) electrons. The predicted octanol–water partition coefficient (Wildman–Crippen LogP) is 3.65. The summed E-state index contributed by atoms with van der Waals surface area (Å²) >= 11 is 0. The highest BCUT2D eigenvalue weighted by Crippen LogP contribution is 2.61. The van der Waals surface area contributed by atoms with Crippen LogP contribution in [0.3, 0.4) is 0 Å². The lowest BCUT2D eigenvalue weighted by atomic mass is 9.48. The lowest BCUT2D eigenvalue weighted by Gasteiger charge is -2.59. The molecule has 21 heavy (non-hydrogen) atoms. The number of nitrogens with two attached hydrogens (primary N) is 1. The highest BCUT2D eigenvalue weighted by Gasteiger charge is 2.53. The summed E-state index contributed by atoms with van der Waals surface area (Å²) in [5.41, 5.74) is 7.39. The van der Waals surface area contributed by atoms with Crippen LogP contribution in [-0.4, -0.2) is 30.1 Å². The Morgan fingerprint density at radius 1 is 1.00 bits per heavy atom. The normalized spacial score (nSPS) is 43.0. The second-order valence-corrected chi connectivity index (χ2v) is 9.38. The molecule has 0 aliphatic heterocycles. The summed E-state index contributed by atoms with van der Waals surface area (Å²) in [5, 5.41) is 0. The molecule has 1 atom stereocenters. The van der Waals surface area contributed by atoms with Crippen LogP contribution >= 0.6 is 0 Å². The van der Waals surface area contributed by atoms with Gasteiger partial charge in [0.15, 0.2) is 0 Å². The third kappa shape index (κ3) is 2.79. The molecular weight excluding hydrogens is 256 g/mol. The zero-order chi connectivity index (χ0) is 14.6. The number of rotatable bonds is 6. The van der Waals surface area contributed by atoms with E-state index in [9.17, 15) is 0 Å². The van der Waals surface area contributed by atoms with Gasteiger partial charge in [0.25, 0.3) is 0 Å². The van der Waals surface area contributed by atoms with E-state index >= 15 is 0 Å². The van der Waals surface area contributed by atoms with Crippen molar-refractivity contribution in [3.05, 3.63) is 0 Å². The molecule has 5 aliphatic rings. The fourth-order valence-corrected chi connectivity index (χ4v) is 6.21. The Balaban J connectivity index is 1.44. The summed E-state index contributed by atoms with van der Waals surface area (Å²) in [4.78, 5) is 2.70. The lowest BCUT2D eigenvalue weighted by molar-refractivity contribution is -0.0727. The monoisotopic (exact) mass is 290 g/mol. The Kier molecular flexibility index (Phi) is 3.61. The van der Waals surface area contributed by atoms with Crippen LogP contribution in [0.15, 0.2) is 0 Å². The second-order valence-electron chi connectivity index (χ2n) is 9.38. The highest BCUT2D eigenvalue weighted by atomic mass is 15.2. The largest absolute Gasteiger partial charge is 0.326 e. The third-order valence-corrected chi connectivity index (χ3v) is 7.22. The van der Waals surface area contributed by atoms with Crippen molar-refractivity contribution in [2.24, 2.45) is 34.8 Å². The van der Waals surface area contributed by atoms with Crippen LogP contribution in [0.1, 0.15) is 65.2 Å². The fourth-order valence-electron chi connectivity index (χ4n) is 6.21. The molecule has 4 bridgehead atoms. The van der Waals surface area contributed by atoms with Crippen LogP contribution in [0, 0.1) is 29.1 Å². The van der Waals surface area contributed by atoms with Crippen molar-refractivity contribution in [3.63, 3.8) is 0 Å². The first-order valence-electron chi connectivity index (χ1n) is 9.54. The van der Waals surface area contributed by atoms with Gasteiger partial charge in [-0.2, -0.15) is 0 Å². The Bertz CT molecular complexity index is 350. The second kappa shape index (κ2) is 5.23. The van der Waals surface area contributed by atoms with Crippen molar-refractivity contribution in [3.8, 4) is 0 Å². The van der Waals surface area contributed by atoms with Crippen LogP contribution in [0.5, 0.6) is 0 Å². The SMILES string of the molecule is CC(C)N(CC1CC1)CC(N)C12CC3CC(CC(C3)C1)C2. The minimum atomic E-state index is 0.423. The van der Waals surface area contributed by atoms with Crippen molar-refractivity contribution >= 4 is 0 Å². The van der Waals surface area contributed by atoms with Gasteiger partial charge in [-0.25, -0.2) is 0 Å². The molecule has 0 aromatic rings. The molecular formula is C19H34N2. The molecule has 1 unspecified atom stereocenters. The van der Waals surface area contributed by atoms with Gasteiger partial charge in [0.05, 0.1) is 0 Å². The van der Waals surface area contributed by atoms with E-state index in [-0.39, 0.29) is 0 Å². The van der Waals surface area contributed by atoms with Crippen LogP contribution in [0.4, 0.5) is 0 Å². The van der Waals surface area contributed by atoms with E-state index in [1.807, 2.05) is 0 Å². The summed E-state index contributed by atoms with van der Waals surface area (Å²) in [6, 6.07) is 1.08. The van der Waals surface area contributed by atoms with E-state index in [2.05, 4.69) is 18.7 Å². The van der Waals surface area contributed by atoms with Gasteiger partial charge in [-0.15, -0.1) is 0 Å². The summed E-state index contributed by atoms with van der Waals surface area (Å²) in [6.45, 7) is 7.17. The molecule has 0 aromatic carbocycles. The van der Waals surface area contributed by atoms with Crippen LogP contribution < -0.4 is 5.73 Å². The first-order chi connectivity index (χ1) is 10.0. The standard InChI is InChI=1S/C19H34N2/c1-13(2)21(11-14-3-4-14)12-18(20)19-8-15-5-16(9-19)7-17(6-15)10-19/h13-18H,3-12,20H2,1-2H3. The van der Waals surface area contributed by atoms with Crippen LogP contribution in [-0.2, 0) is 0 Å². The van der Waals surface area contributed by atoms with Gasteiger partial charge in [0.2, 0.25) is 0 Å². The van der Waals surface area contributed by atoms with Crippen LogP contribution in [0.25, 0.3) is 0 Å². The Hall–Kier alpha value is -0.0800. The van der Waals surface area contributed by atoms with E-state index in [0.717, 1.165) is 30.2 Å². The number of hydrogen-bond donors (Lipinski definition) is 1. The molecule has 5 aliphatic carbocycles. The van der Waals surface area contributed by atoms with Crippen molar-refractivity contribution in [2.45, 2.75) is 77.3 Å². The van der Waals surface area contributed by atoms with Gasteiger partial charge in [0, 0.05) is 25.2 Å². The minimum Gasteiger partial charge on any atom is -0.326 e. The molecule has 5 rings (SSSR count). The maximum Gasteiger partial charge on any atom is 0.0225 e. The van der Waals surface area contributed by atoms with Crippen LogP contribution in [0.2, 0.25) is 0 Å². The molecule has 0 spiro atoms. The topological polar surface area (TPSA) is 29.3 Å². The molecule has 0 amide bonds. The van der Waals surface area contributed by atoms with E-state index < -0.39 is 0 Å². The average Bonchev–Trinajstić information content (AvgIpc) is 3.20. The first kappa shape index (κ1) is 14.5. The van der Waals surface area contributed by atoms with E-state index in [1.54, 1.807) is 0 Å². The summed E-state index contributed by atoms with van der Waals surface area (Å²) in [6.07, 6.45) is 11.9. The van der Waals surface area contributed by atoms with Gasteiger partial charge >= 0.3 is 0 Å². The summed E-state index contributed by atoms with van der Waals surface area (Å²) in [5.74, 6) is 4.06. The third-order valence-electron chi connectivity index (χ3n) is 7.22. The van der Waals surface area contributed by atoms with Crippen molar-refractivity contribution in [2.75, 3.05) is 13.1 Å². The van der Waals surface area contributed by atoms with Crippen molar-refractivity contribution in [1.82, 2.24) is 4.90 Å². The van der Waals surface area contributed by atoms with Gasteiger partial charge in [-0.3, -0.25) is 4.90 Å². The Labute approximate surface area is 130 Å². The average molecular weight is 290 g/mol. The zero-order valence-corrected chi connectivity index (χ0v) is 14.1. The maximum absolute atomic E-state index is 6.87. The smallest absolute Gasteiger partial charge is 0.0225 e. The van der Waals surface area contributed by atoms with Gasteiger partial charge in [-0.1, -0.05) is 0 Å².